The molecule has 1 fully saturated rings. The third-order valence-corrected chi connectivity index (χ3v) is 5.47. The summed E-state index contributed by atoms with van der Waals surface area (Å²) in [4.78, 5) is 14.1. The highest BCUT2D eigenvalue weighted by Gasteiger charge is 2.30. The Morgan fingerprint density at radius 2 is 2.00 bits per heavy atom. The molecule has 0 bridgehead atoms. The Balaban J connectivity index is 2.04. The second-order valence-corrected chi connectivity index (χ2v) is 9.94. The third-order valence-electron chi connectivity index (χ3n) is 4.59. The van der Waals surface area contributed by atoms with Gasteiger partial charge in [0.15, 0.2) is 0 Å². The lowest BCUT2D eigenvalue weighted by molar-refractivity contribution is 0.0137. The van der Waals surface area contributed by atoms with Crippen LogP contribution in [0.1, 0.15) is 57.7 Å². The van der Waals surface area contributed by atoms with Gasteiger partial charge in [-0.3, -0.25) is 0 Å². The third kappa shape index (κ3) is 7.22. The molecule has 1 heterocycles. The van der Waals surface area contributed by atoms with Crippen molar-refractivity contribution in [1.82, 2.24) is 9.62 Å². The van der Waals surface area contributed by atoms with Gasteiger partial charge in [-0.2, -0.15) is 4.72 Å². The van der Waals surface area contributed by atoms with Gasteiger partial charge in [0.2, 0.25) is 10.0 Å². The van der Waals surface area contributed by atoms with E-state index in [0.29, 0.717) is 13.0 Å². The standard InChI is InChI=1S/C22H30N2O4S/c1-16(2)15-20-12-14-24(21(25)28-20)17(3)19-9-7-18(8-10-19)11-13-22(4,5)23-29(6,26)27/h7-10,17,20,23H,1,12,14-15H2,2-6H3. The van der Waals surface area contributed by atoms with Crippen LogP contribution < -0.4 is 4.72 Å². The lowest BCUT2D eigenvalue weighted by Gasteiger charge is -2.36. The van der Waals surface area contributed by atoms with Crippen LogP contribution in [-0.4, -0.2) is 43.9 Å². The summed E-state index contributed by atoms with van der Waals surface area (Å²) in [5.41, 5.74) is 1.90. The summed E-state index contributed by atoms with van der Waals surface area (Å²) in [6.45, 7) is 11.9. The Morgan fingerprint density at radius 1 is 1.38 bits per heavy atom. The molecule has 2 atom stereocenters. The fraction of sp³-hybridized carbons (Fsp3) is 0.500. The van der Waals surface area contributed by atoms with Crippen LogP contribution in [0.5, 0.6) is 0 Å². The van der Waals surface area contributed by atoms with E-state index >= 15 is 0 Å². The zero-order valence-corrected chi connectivity index (χ0v) is 18.6. The fourth-order valence-corrected chi connectivity index (χ4v) is 4.25. The minimum Gasteiger partial charge on any atom is -0.446 e. The number of nitrogens with one attached hydrogen (secondary N) is 1. The molecule has 0 spiro atoms. The minimum atomic E-state index is -3.34. The fourth-order valence-electron chi connectivity index (χ4n) is 3.27. The maximum absolute atomic E-state index is 12.4. The van der Waals surface area contributed by atoms with Crippen molar-refractivity contribution in [3.8, 4) is 11.8 Å². The summed E-state index contributed by atoms with van der Waals surface area (Å²) in [6, 6.07) is 7.49. The summed E-state index contributed by atoms with van der Waals surface area (Å²) >= 11 is 0. The molecule has 7 heteroatoms. The molecule has 0 aromatic heterocycles. The summed E-state index contributed by atoms with van der Waals surface area (Å²) < 4.78 is 30.8. The van der Waals surface area contributed by atoms with Gasteiger partial charge >= 0.3 is 6.09 Å². The lowest BCUT2D eigenvalue weighted by atomic mass is 10.0. The summed E-state index contributed by atoms with van der Waals surface area (Å²) in [6.07, 6.45) is 2.21. The molecule has 1 aromatic carbocycles. The van der Waals surface area contributed by atoms with Gasteiger partial charge < -0.3 is 9.64 Å². The molecule has 0 radical (unpaired) electrons. The number of cyclic esters (lactones) is 1. The average Bonchev–Trinajstić information content (AvgIpc) is 2.57. The van der Waals surface area contributed by atoms with E-state index in [9.17, 15) is 13.2 Å². The molecule has 6 nitrogen and oxygen atoms in total. The molecule has 1 aliphatic heterocycles. The van der Waals surface area contributed by atoms with Gasteiger partial charge in [-0.1, -0.05) is 29.5 Å². The molecule has 1 N–H and O–H groups in total. The van der Waals surface area contributed by atoms with E-state index in [1.165, 1.54) is 0 Å². The number of ether oxygens (including phenoxy) is 1. The molecule has 1 aliphatic rings. The minimum absolute atomic E-state index is 0.0926. The van der Waals surface area contributed by atoms with Crippen LogP contribution in [0.25, 0.3) is 0 Å². The Hall–Kier alpha value is -2.30. The van der Waals surface area contributed by atoms with E-state index in [4.69, 9.17) is 4.74 Å². The summed E-state index contributed by atoms with van der Waals surface area (Å²) in [5.74, 6) is 5.93. The van der Waals surface area contributed by atoms with Crippen LogP contribution in [0, 0.1) is 11.8 Å². The molecule has 158 valence electrons. The van der Waals surface area contributed by atoms with E-state index < -0.39 is 15.6 Å². The van der Waals surface area contributed by atoms with Gasteiger partial charge in [0.25, 0.3) is 0 Å². The zero-order valence-electron chi connectivity index (χ0n) is 17.8. The van der Waals surface area contributed by atoms with Crippen LogP contribution in [0.4, 0.5) is 4.79 Å². The first-order valence-electron chi connectivity index (χ1n) is 9.60. The van der Waals surface area contributed by atoms with Gasteiger partial charge in [-0.15, -0.1) is 6.58 Å². The van der Waals surface area contributed by atoms with E-state index in [2.05, 4.69) is 23.1 Å². The van der Waals surface area contributed by atoms with Crippen molar-refractivity contribution in [2.24, 2.45) is 0 Å². The Labute approximate surface area is 174 Å². The van der Waals surface area contributed by atoms with Crippen LogP contribution in [0.3, 0.4) is 0 Å². The molecule has 1 aromatic rings. The average molecular weight is 419 g/mol. The second-order valence-electron chi connectivity index (χ2n) is 8.20. The molecule has 29 heavy (non-hydrogen) atoms. The number of carbonyl (C=O) groups excluding carboxylic acids is 1. The van der Waals surface area contributed by atoms with Crippen LogP contribution in [0.15, 0.2) is 36.4 Å². The van der Waals surface area contributed by atoms with Crippen molar-refractivity contribution in [2.75, 3.05) is 12.8 Å². The van der Waals surface area contributed by atoms with Crippen LogP contribution >= 0.6 is 0 Å². The van der Waals surface area contributed by atoms with Crippen LogP contribution in [0.2, 0.25) is 0 Å². The van der Waals surface area contributed by atoms with Crippen molar-refractivity contribution in [1.29, 1.82) is 0 Å². The van der Waals surface area contributed by atoms with E-state index in [-0.39, 0.29) is 18.2 Å². The van der Waals surface area contributed by atoms with Gasteiger partial charge in [0, 0.05) is 24.9 Å². The number of hydrogen-bond acceptors (Lipinski definition) is 4. The highest BCUT2D eigenvalue weighted by atomic mass is 32.2. The topological polar surface area (TPSA) is 75.7 Å². The second kappa shape index (κ2) is 9.02. The first kappa shape index (κ1) is 23.0. The molecule has 2 rings (SSSR count). The smallest absolute Gasteiger partial charge is 0.410 e. The summed E-state index contributed by atoms with van der Waals surface area (Å²) in [5, 5.41) is 0. The van der Waals surface area contributed by atoms with Crippen molar-refractivity contribution in [3.05, 3.63) is 47.5 Å². The van der Waals surface area contributed by atoms with Crippen molar-refractivity contribution >= 4 is 16.1 Å². The molecule has 1 saturated heterocycles. The Kier molecular flexibility index (Phi) is 7.15. The SMILES string of the molecule is C=C(C)CC1CCN(C(C)c2ccc(C#CC(C)(C)NS(C)(=O)=O)cc2)C(=O)O1. The zero-order chi connectivity index (χ0) is 21.8. The summed E-state index contributed by atoms with van der Waals surface area (Å²) in [7, 11) is -3.34. The lowest BCUT2D eigenvalue weighted by Crippen LogP contribution is -2.43. The monoisotopic (exact) mass is 418 g/mol. The number of sulfonamides is 1. The highest BCUT2D eigenvalue weighted by molar-refractivity contribution is 7.88. The number of benzene rings is 1. The Bertz CT molecular complexity index is 924. The number of nitrogens with zero attached hydrogens (tertiary/aromatic N) is 1. The molecule has 1 amide bonds. The van der Waals surface area contributed by atoms with E-state index in [1.807, 2.05) is 38.1 Å². The molecular weight excluding hydrogens is 388 g/mol. The molecular formula is C22H30N2O4S. The highest BCUT2D eigenvalue weighted by Crippen LogP contribution is 2.27. The predicted molar refractivity (Wildman–Crippen MR) is 115 cm³/mol. The van der Waals surface area contributed by atoms with E-state index in [1.54, 1.807) is 18.7 Å². The van der Waals surface area contributed by atoms with Gasteiger partial charge in [0.05, 0.1) is 17.8 Å². The van der Waals surface area contributed by atoms with Crippen molar-refractivity contribution in [2.45, 2.75) is 58.2 Å². The van der Waals surface area contributed by atoms with Gasteiger partial charge in [-0.05, 0) is 45.4 Å². The normalized spacial score (nSPS) is 18.4. The predicted octanol–water partition coefficient (Wildman–Crippen LogP) is 3.60. The number of rotatable bonds is 6. The van der Waals surface area contributed by atoms with Crippen molar-refractivity contribution < 1.29 is 17.9 Å². The molecule has 0 saturated carbocycles. The number of carbonyl (C=O) groups is 1. The first-order valence-corrected chi connectivity index (χ1v) is 11.5. The number of hydrogen-bond donors (Lipinski definition) is 1. The number of amides is 1. The largest absolute Gasteiger partial charge is 0.446 e. The van der Waals surface area contributed by atoms with Crippen molar-refractivity contribution in [3.63, 3.8) is 0 Å². The van der Waals surface area contributed by atoms with Gasteiger partial charge in [-0.25, -0.2) is 13.2 Å². The first-order chi connectivity index (χ1) is 13.4. The van der Waals surface area contributed by atoms with Gasteiger partial charge in [0.1, 0.15) is 6.10 Å². The van der Waals surface area contributed by atoms with E-state index in [0.717, 1.165) is 29.4 Å². The van der Waals surface area contributed by atoms with Crippen LogP contribution in [-0.2, 0) is 14.8 Å². The maximum atomic E-state index is 12.4. The molecule has 0 aliphatic carbocycles. The quantitative estimate of drug-likeness (QED) is 0.566. The maximum Gasteiger partial charge on any atom is 0.410 e. The molecule has 2 unspecified atom stereocenters. The Morgan fingerprint density at radius 3 is 2.52 bits per heavy atom.